The van der Waals surface area contributed by atoms with Crippen molar-refractivity contribution < 1.29 is 9.72 Å². The van der Waals surface area contributed by atoms with Crippen LogP contribution < -0.4 is 5.32 Å². The van der Waals surface area contributed by atoms with E-state index in [-0.39, 0.29) is 18.0 Å². The molecule has 0 spiro atoms. The van der Waals surface area contributed by atoms with Crippen LogP contribution in [0.2, 0.25) is 0 Å². The SMILES string of the molecule is C[C@H]1CCCCN1CCCNC(=O)Cc1ccc([N+](=O)[O-])cc1. The van der Waals surface area contributed by atoms with Gasteiger partial charge in [0.25, 0.3) is 5.69 Å². The summed E-state index contributed by atoms with van der Waals surface area (Å²) in [6.07, 6.45) is 5.08. The fourth-order valence-electron chi connectivity index (χ4n) is 2.98. The van der Waals surface area contributed by atoms with Crippen molar-refractivity contribution in [2.45, 2.75) is 45.1 Å². The maximum Gasteiger partial charge on any atom is 0.269 e. The van der Waals surface area contributed by atoms with Gasteiger partial charge in [-0.3, -0.25) is 14.9 Å². The number of nitrogens with zero attached hydrogens (tertiary/aromatic N) is 2. The molecule has 0 unspecified atom stereocenters. The molecule has 2 rings (SSSR count). The summed E-state index contributed by atoms with van der Waals surface area (Å²) in [6, 6.07) is 6.78. The van der Waals surface area contributed by atoms with Gasteiger partial charge in [0.05, 0.1) is 11.3 Å². The highest BCUT2D eigenvalue weighted by molar-refractivity contribution is 5.78. The third-order valence-electron chi connectivity index (χ3n) is 4.40. The van der Waals surface area contributed by atoms with E-state index in [0.29, 0.717) is 12.6 Å². The van der Waals surface area contributed by atoms with E-state index in [1.807, 2.05) is 0 Å². The lowest BCUT2D eigenvalue weighted by Gasteiger charge is -2.33. The van der Waals surface area contributed by atoms with Gasteiger partial charge in [0, 0.05) is 31.3 Å². The van der Waals surface area contributed by atoms with Crippen LogP contribution in [0.25, 0.3) is 0 Å². The van der Waals surface area contributed by atoms with Crippen molar-refractivity contribution in [3.05, 3.63) is 39.9 Å². The maximum absolute atomic E-state index is 11.9. The molecule has 1 aromatic carbocycles. The van der Waals surface area contributed by atoms with Crippen LogP contribution in [0.15, 0.2) is 24.3 Å². The third-order valence-corrected chi connectivity index (χ3v) is 4.40. The Bertz CT molecular complexity index is 530. The zero-order valence-corrected chi connectivity index (χ0v) is 13.7. The maximum atomic E-state index is 11.9. The smallest absolute Gasteiger partial charge is 0.269 e. The molecule has 1 fully saturated rings. The zero-order valence-electron chi connectivity index (χ0n) is 13.7. The van der Waals surface area contributed by atoms with Gasteiger partial charge in [0.2, 0.25) is 5.91 Å². The van der Waals surface area contributed by atoms with Gasteiger partial charge in [0.1, 0.15) is 0 Å². The van der Waals surface area contributed by atoms with Gasteiger partial charge in [-0.2, -0.15) is 0 Å². The van der Waals surface area contributed by atoms with Crippen molar-refractivity contribution in [2.75, 3.05) is 19.6 Å². The Morgan fingerprint density at radius 1 is 1.35 bits per heavy atom. The summed E-state index contributed by atoms with van der Waals surface area (Å²) in [5.41, 5.74) is 0.836. The first-order chi connectivity index (χ1) is 11.1. The predicted octanol–water partition coefficient (Wildman–Crippen LogP) is 2.52. The Labute approximate surface area is 137 Å². The van der Waals surface area contributed by atoms with Gasteiger partial charge in [0.15, 0.2) is 0 Å². The molecule has 126 valence electrons. The molecular formula is C17H25N3O3. The summed E-state index contributed by atoms with van der Waals surface area (Å²) in [6.45, 7) is 5.14. The van der Waals surface area contributed by atoms with E-state index in [0.717, 1.165) is 25.1 Å². The molecule has 0 aliphatic carbocycles. The zero-order chi connectivity index (χ0) is 16.7. The Hall–Kier alpha value is -1.95. The van der Waals surface area contributed by atoms with Crippen LogP contribution in [-0.2, 0) is 11.2 Å². The van der Waals surface area contributed by atoms with Crippen molar-refractivity contribution in [1.29, 1.82) is 0 Å². The molecule has 6 heteroatoms. The molecule has 6 nitrogen and oxygen atoms in total. The first kappa shape index (κ1) is 17.4. The van der Waals surface area contributed by atoms with Crippen molar-refractivity contribution in [1.82, 2.24) is 10.2 Å². The number of rotatable bonds is 7. The number of amides is 1. The number of carbonyl (C=O) groups excluding carboxylic acids is 1. The number of likely N-dealkylation sites (tertiary alicyclic amines) is 1. The summed E-state index contributed by atoms with van der Waals surface area (Å²) >= 11 is 0. The van der Waals surface area contributed by atoms with Crippen LogP contribution in [0.1, 0.15) is 38.2 Å². The molecule has 1 amide bonds. The fraction of sp³-hybridized carbons (Fsp3) is 0.588. The molecule has 0 saturated carbocycles. The fourth-order valence-corrected chi connectivity index (χ4v) is 2.98. The summed E-state index contributed by atoms with van der Waals surface area (Å²) in [5, 5.41) is 13.5. The van der Waals surface area contributed by atoms with E-state index in [9.17, 15) is 14.9 Å². The summed E-state index contributed by atoms with van der Waals surface area (Å²) in [7, 11) is 0. The standard InChI is InChI=1S/C17H25N3O3/c1-14-5-2-3-11-19(14)12-4-10-18-17(21)13-15-6-8-16(9-7-15)20(22)23/h6-9,14H,2-5,10-13H2,1H3,(H,18,21)/t14-/m0/s1. The number of piperidine rings is 1. The molecule has 1 atom stereocenters. The van der Waals surface area contributed by atoms with Crippen LogP contribution in [0.5, 0.6) is 0 Å². The number of nitro groups is 1. The average Bonchev–Trinajstić information content (AvgIpc) is 2.53. The van der Waals surface area contributed by atoms with E-state index in [1.54, 1.807) is 12.1 Å². The molecule has 23 heavy (non-hydrogen) atoms. The topological polar surface area (TPSA) is 75.5 Å². The van der Waals surface area contributed by atoms with E-state index >= 15 is 0 Å². The molecule has 1 saturated heterocycles. The number of hydrogen-bond acceptors (Lipinski definition) is 4. The van der Waals surface area contributed by atoms with Crippen LogP contribution in [0.4, 0.5) is 5.69 Å². The van der Waals surface area contributed by atoms with Crippen LogP contribution in [-0.4, -0.2) is 41.4 Å². The molecule has 1 aliphatic rings. The molecule has 1 N–H and O–H groups in total. The predicted molar refractivity (Wildman–Crippen MR) is 89.3 cm³/mol. The number of non-ortho nitro benzene ring substituents is 1. The first-order valence-electron chi connectivity index (χ1n) is 8.30. The molecule has 1 aromatic rings. The normalized spacial score (nSPS) is 18.6. The van der Waals surface area contributed by atoms with E-state index in [2.05, 4.69) is 17.1 Å². The molecule has 1 aliphatic heterocycles. The summed E-state index contributed by atoms with van der Waals surface area (Å²) in [4.78, 5) is 24.5. The Morgan fingerprint density at radius 3 is 2.74 bits per heavy atom. The van der Waals surface area contributed by atoms with Crippen molar-refractivity contribution >= 4 is 11.6 Å². The minimum atomic E-state index is -0.439. The molecule has 1 heterocycles. The molecule has 0 radical (unpaired) electrons. The first-order valence-corrected chi connectivity index (χ1v) is 8.30. The number of hydrogen-bond donors (Lipinski definition) is 1. The number of carbonyl (C=O) groups is 1. The van der Waals surface area contributed by atoms with Crippen molar-refractivity contribution in [3.8, 4) is 0 Å². The van der Waals surface area contributed by atoms with Gasteiger partial charge in [-0.15, -0.1) is 0 Å². The van der Waals surface area contributed by atoms with Gasteiger partial charge >= 0.3 is 0 Å². The lowest BCUT2D eigenvalue weighted by molar-refractivity contribution is -0.384. The summed E-state index contributed by atoms with van der Waals surface area (Å²) in [5.74, 6) is -0.0365. The third kappa shape index (κ3) is 5.63. The highest BCUT2D eigenvalue weighted by atomic mass is 16.6. The van der Waals surface area contributed by atoms with Crippen LogP contribution in [0.3, 0.4) is 0 Å². The van der Waals surface area contributed by atoms with Gasteiger partial charge in [-0.25, -0.2) is 0 Å². The Morgan fingerprint density at radius 2 is 2.09 bits per heavy atom. The van der Waals surface area contributed by atoms with Crippen LogP contribution in [0, 0.1) is 10.1 Å². The second-order valence-electron chi connectivity index (χ2n) is 6.18. The minimum absolute atomic E-state index is 0.0365. The lowest BCUT2D eigenvalue weighted by atomic mass is 10.0. The molecular weight excluding hydrogens is 294 g/mol. The van der Waals surface area contributed by atoms with Gasteiger partial charge in [-0.05, 0) is 38.3 Å². The highest BCUT2D eigenvalue weighted by Crippen LogP contribution is 2.16. The summed E-state index contributed by atoms with van der Waals surface area (Å²) < 4.78 is 0. The minimum Gasteiger partial charge on any atom is -0.356 e. The number of nitrogens with one attached hydrogen (secondary N) is 1. The average molecular weight is 319 g/mol. The Balaban J connectivity index is 1.65. The van der Waals surface area contributed by atoms with Gasteiger partial charge < -0.3 is 10.2 Å². The lowest BCUT2D eigenvalue weighted by Crippen LogP contribution is -2.39. The monoisotopic (exact) mass is 319 g/mol. The second-order valence-corrected chi connectivity index (χ2v) is 6.18. The largest absolute Gasteiger partial charge is 0.356 e. The van der Waals surface area contributed by atoms with E-state index in [1.165, 1.54) is 31.4 Å². The molecule has 0 aromatic heterocycles. The molecule has 0 bridgehead atoms. The second kappa shape index (κ2) is 8.62. The van der Waals surface area contributed by atoms with E-state index < -0.39 is 4.92 Å². The van der Waals surface area contributed by atoms with Crippen molar-refractivity contribution in [2.24, 2.45) is 0 Å². The number of nitro benzene ring substituents is 1. The number of benzene rings is 1. The van der Waals surface area contributed by atoms with E-state index in [4.69, 9.17) is 0 Å². The van der Waals surface area contributed by atoms with Crippen LogP contribution >= 0.6 is 0 Å². The Kier molecular flexibility index (Phi) is 6.52. The quantitative estimate of drug-likeness (QED) is 0.476. The highest BCUT2D eigenvalue weighted by Gasteiger charge is 2.17. The van der Waals surface area contributed by atoms with Crippen molar-refractivity contribution in [3.63, 3.8) is 0 Å². The van der Waals surface area contributed by atoms with Gasteiger partial charge in [-0.1, -0.05) is 18.6 Å².